The zero-order valence-corrected chi connectivity index (χ0v) is 16.5. The van der Waals surface area contributed by atoms with Gasteiger partial charge in [-0.2, -0.15) is 0 Å². The molecule has 2 aromatic heterocycles. The lowest BCUT2D eigenvalue weighted by Crippen LogP contribution is -2.40. The Bertz CT molecular complexity index is 991. The van der Waals surface area contributed by atoms with Crippen molar-refractivity contribution >= 4 is 33.5 Å². The number of pyridine rings is 1. The first-order valence-corrected chi connectivity index (χ1v) is 10.7. The van der Waals surface area contributed by atoms with Crippen LogP contribution in [0.3, 0.4) is 0 Å². The Morgan fingerprint density at radius 3 is 2.59 bits per heavy atom. The number of nitrogens with one attached hydrogen (secondary N) is 2. The van der Waals surface area contributed by atoms with E-state index in [-0.39, 0.29) is 17.7 Å². The van der Waals surface area contributed by atoms with E-state index in [2.05, 4.69) is 15.3 Å². The van der Waals surface area contributed by atoms with Crippen molar-refractivity contribution in [3.63, 3.8) is 0 Å². The third-order valence-corrected chi connectivity index (χ3v) is 6.26. The average molecular weight is 390 g/mol. The van der Waals surface area contributed by atoms with Gasteiger partial charge in [0.1, 0.15) is 5.69 Å². The van der Waals surface area contributed by atoms with Crippen LogP contribution in [0.1, 0.15) is 59.4 Å². The molecule has 1 unspecified atom stereocenters. The molecule has 0 saturated carbocycles. The molecule has 1 aromatic carbocycles. The number of aromatic nitrogens is 2. The molecule has 150 valence electrons. The first kappa shape index (κ1) is 18.3. The molecular formula is C23H26N4O2. The SMILES string of the molecule is O=C(c1ccc2[nH]c3cnc(C(=O)N4CCCCC4)cc3c2c1)C1CCCCN1. The fourth-order valence-electron chi connectivity index (χ4n) is 4.61. The minimum atomic E-state index is -0.0932. The van der Waals surface area contributed by atoms with Crippen LogP contribution in [0.5, 0.6) is 0 Å². The zero-order chi connectivity index (χ0) is 19.8. The van der Waals surface area contributed by atoms with Gasteiger partial charge in [-0.05, 0) is 62.9 Å². The zero-order valence-electron chi connectivity index (χ0n) is 16.5. The van der Waals surface area contributed by atoms with Crippen LogP contribution in [0.15, 0.2) is 30.5 Å². The van der Waals surface area contributed by atoms with Crippen LogP contribution in [0, 0.1) is 0 Å². The number of fused-ring (bicyclic) bond motifs is 3. The van der Waals surface area contributed by atoms with Gasteiger partial charge >= 0.3 is 0 Å². The number of ketones is 1. The van der Waals surface area contributed by atoms with Crippen molar-refractivity contribution in [1.82, 2.24) is 20.2 Å². The second-order valence-electron chi connectivity index (χ2n) is 8.22. The summed E-state index contributed by atoms with van der Waals surface area (Å²) in [6, 6.07) is 7.59. The molecule has 2 fully saturated rings. The van der Waals surface area contributed by atoms with Crippen molar-refractivity contribution in [2.24, 2.45) is 0 Å². The Morgan fingerprint density at radius 1 is 0.966 bits per heavy atom. The van der Waals surface area contributed by atoms with Crippen molar-refractivity contribution in [1.29, 1.82) is 0 Å². The molecule has 2 aliphatic rings. The first-order valence-electron chi connectivity index (χ1n) is 10.7. The normalized spacial score (nSPS) is 20.3. The molecule has 0 bridgehead atoms. The molecule has 4 heterocycles. The predicted octanol–water partition coefficient (Wildman–Crippen LogP) is 3.67. The molecule has 0 spiro atoms. The molecule has 2 N–H and O–H groups in total. The topological polar surface area (TPSA) is 78.1 Å². The maximum absolute atomic E-state index is 12.9. The number of hydrogen-bond acceptors (Lipinski definition) is 4. The molecule has 29 heavy (non-hydrogen) atoms. The highest BCUT2D eigenvalue weighted by molar-refractivity contribution is 6.12. The van der Waals surface area contributed by atoms with Crippen molar-refractivity contribution in [3.8, 4) is 0 Å². The van der Waals surface area contributed by atoms with Gasteiger partial charge in [-0.1, -0.05) is 6.42 Å². The number of amides is 1. The van der Waals surface area contributed by atoms with Crippen LogP contribution in [-0.2, 0) is 0 Å². The fourth-order valence-corrected chi connectivity index (χ4v) is 4.61. The van der Waals surface area contributed by atoms with Crippen LogP contribution in [0.2, 0.25) is 0 Å². The van der Waals surface area contributed by atoms with E-state index in [4.69, 9.17) is 0 Å². The van der Waals surface area contributed by atoms with Gasteiger partial charge in [0.2, 0.25) is 0 Å². The van der Waals surface area contributed by atoms with Gasteiger partial charge in [0.05, 0.1) is 17.8 Å². The van der Waals surface area contributed by atoms with Crippen molar-refractivity contribution < 1.29 is 9.59 Å². The van der Waals surface area contributed by atoms with E-state index in [0.29, 0.717) is 5.69 Å². The number of aromatic amines is 1. The maximum Gasteiger partial charge on any atom is 0.272 e. The molecule has 6 nitrogen and oxygen atoms in total. The lowest BCUT2D eigenvalue weighted by atomic mass is 9.95. The number of carbonyl (C=O) groups is 2. The minimum absolute atomic E-state index is 0.000383. The number of H-pyrrole nitrogens is 1. The van der Waals surface area contributed by atoms with E-state index in [1.807, 2.05) is 29.2 Å². The summed E-state index contributed by atoms with van der Waals surface area (Å²) < 4.78 is 0. The van der Waals surface area contributed by atoms with Crippen LogP contribution in [0.25, 0.3) is 21.8 Å². The Labute approximate surface area is 169 Å². The lowest BCUT2D eigenvalue weighted by molar-refractivity contribution is 0.0718. The molecule has 6 heteroatoms. The Hall–Kier alpha value is -2.73. The molecule has 2 aliphatic heterocycles. The minimum Gasteiger partial charge on any atom is -0.353 e. The third-order valence-electron chi connectivity index (χ3n) is 6.26. The fraction of sp³-hybridized carbons (Fsp3) is 0.435. The Kier molecular flexibility index (Phi) is 4.79. The van der Waals surface area contributed by atoms with E-state index >= 15 is 0 Å². The van der Waals surface area contributed by atoms with Crippen LogP contribution in [-0.4, -0.2) is 52.2 Å². The summed E-state index contributed by atoms with van der Waals surface area (Å²) in [5.74, 6) is 0.152. The van der Waals surface area contributed by atoms with Gasteiger partial charge in [-0.3, -0.25) is 9.59 Å². The van der Waals surface area contributed by atoms with E-state index < -0.39 is 0 Å². The van der Waals surface area contributed by atoms with Gasteiger partial charge in [0.25, 0.3) is 5.91 Å². The summed E-state index contributed by atoms with van der Waals surface area (Å²) in [5.41, 5.74) is 3.04. The Balaban J connectivity index is 1.51. The van der Waals surface area contributed by atoms with Crippen molar-refractivity contribution in [2.75, 3.05) is 19.6 Å². The molecular weight excluding hydrogens is 364 g/mol. The van der Waals surface area contributed by atoms with E-state index in [1.165, 1.54) is 6.42 Å². The number of Topliss-reactive ketones (excluding diaryl/α,β-unsaturated/α-hetero) is 1. The predicted molar refractivity (Wildman–Crippen MR) is 113 cm³/mol. The molecule has 0 aliphatic carbocycles. The summed E-state index contributed by atoms with van der Waals surface area (Å²) in [6.07, 6.45) is 8.15. The van der Waals surface area contributed by atoms with E-state index in [0.717, 1.165) is 79.1 Å². The quantitative estimate of drug-likeness (QED) is 0.669. The smallest absolute Gasteiger partial charge is 0.272 e. The van der Waals surface area contributed by atoms with Gasteiger partial charge in [0.15, 0.2) is 5.78 Å². The second-order valence-corrected chi connectivity index (χ2v) is 8.22. The van der Waals surface area contributed by atoms with Crippen molar-refractivity contribution in [3.05, 3.63) is 41.7 Å². The first-order chi connectivity index (χ1) is 14.2. The van der Waals surface area contributed by atoms with E-state index in [9.17, 15) is 9.59 Å². The number of nitrogens with zero attached hydrogens (tertiary/aromatic N) is 2. The lowest BCUT2D eigenvalue weighted by Gasteiger charge is -2.26. The molecule has 1 atom stereocenters. The second kappa shape index (κ2) is 7.59. The molecule has 1 amide bonds. The summed E-state index contributed by atoms with van der Waals surface area (Å²) in [4.78, 5) is 35.5. The number of piperidine rings is 2. The highest BCUT2D eigenvalue weighted by atomic mass is 16.2. The van der Waals surface area contributed by atoms with Crippen LogP contribution < -0.4 is 5.32 Å². The monoisotopic (exact) mass is 390 g/mol. The summed E-state index contributed by atoms with van der Waals surface area (Å²) in [5, 5.41) is 5.25. The third kappa shape index (κ3) is 3.42. The standard InChI is InChI=1S/C23H26N4O2/c28-22(19-6-2-3-9-24-19)15-7-8-18-16(12-15)17-13-20(25-14-21(17)26-18)23(29)27-10-4-1-5-11-27/h7-8,12-14,19,24,26H,1-6,9-11H2. The van der Waals surface area contributed by atoms with Gasteiger partial charge < -0.3 is 15.2 Å². The summed E-state index contributed by atoms with van der Waals surface area (Å²) in [7, 11) is 0. The molecule has 2 saturated heterocycles. The van der Waals surface area contributed by atoms with Crippen molar-refractivity contribution in [2.45, 2.75) is 44.6 Å². The summed E-state index contributed by atoms with van der Waals surface area (Å²) in [6.45, 7) is 2.51. The number of hydrogen-bond donors (Lipinski definition) is 2. The number of carbonyl (C=O) groups excluding carboxylic acids is 2. The molecule has 0 radical (unpaired) electrons. The maximum atomic E-state index is 12.9. The van der Waals surface area contributed by atoms with Crippen LogP contribution in [0.4, 0.5) is 0 Å². The van der Waals surface area contributed by atoms with E-state index in [1.54, 1.807) is 6.20 Å². The number of rotatable bonds is 3. The highest BCUT2D eigenvalue weighted by Crippen LogP contribution is 2.28. The van der Waals surface area contributed by atoms with Gasteiger partial charge in [-0.25, -0.2) is 4.98 Å². The summed E-state index contributed by atoms with van der Waals surface area (Å²) >= 11 is 0. The molecule has 5 rings (SSSR count). The van der Waals surface area contributed by atoms with Crippen LogP contribution >= 0.6 is 0 Å². The molecule has 3 aromatic rings. The Morgan fingerprint density at radius 2 is 1.79 bits per heavy atom. The number of benzene rings is 1. The highest BCUT2D eigenvalue weighted by Gasteiger charge is 2.23. The largest absolute Gasteiger partial charge is 0.353 e. The number of likely N-dealkylation sites (tertiary alicyclic amines) is 1. The average Bonchev–Trinajstić information content (AvgIpc) is 3.16. The van der Waals surface area contributed by atoms with Gasteiger partial charge in [-0.15, -0.1) is 0 Å². The van der Waals surface area contributed by atoms with Gasteiger partial charge in [0, 0.05) is 34.9 Å².